The fourth-order valence-corrected chi connectivity index (χ4v) is 7.37. The molecule has 394 valence electrons. The lowest BCUT2D eigenvalue weighted by Crippen LogP contribution is -2.45. The lowest BCUT2D eigenvalue weighted by Gasteiger charge is -2.25. The summed E-state index contributed by atoms with van der Waals surface area (Å²) in [6.45, 7) is 4.39. The van der Waals surface area contributed by atoms with Gasteiger partial charge in [-0.2, -0.15) is 0 Å². The summed E-state index contributed by atoms with van der Waals surface area (Å²) < 4.78 is 23.5. The van der Waals surface area contributed by atoms with E-state index in [-0.39, 0.29) is 19.1 Å². The Labute approximate surface area is 429 Å². The molecule has 0 aliphatic carbocycles. The number of amides is 1. The summed E-state index contributed by atoms with van der Waals surface area (Å²) in [4.78, 5) is 23.1. The number of nitrogens with zero attached hydrogens (tertiary/aromatic N) is 1. The van der Waals surface area contributed by atoms with E-state index in [1.165, 1.54) is 25.7 Å². The zero-order valence-electron chi connectivity index (χ0n) is 44.7. The molecule has 0 rings (SSSR count). The molecule has 8 nitrogen and oxygen atoms in total. The first-order valence-electron chi connectivity index (χ1n) is 26.8. The fourth-order valence-electron chi connectivity index (χ4n) is 6.64. The minimum atomic E-state index is -4.36. The lowest BCUT2D eigenvalue weighted by molar-refractivity contribution is -0.870. The molecule has 70 heavy (non-hydrogen) atoms. The number of likely N-dealkylation sites (N-methyl/N-ethyl adjacent to an activating group) is 1. The molecule has 1 amide bonds. The zero-order valence-corrected chi connectivity index (χ0v) is 45.6. The second-order valence-corrected chi connectivity index (χ2v) is 20.0. The molecule has 0 saturated heterocycles. The molecular formula is C61H100N2O6P+. The van der Waals surface area contributed by atoms with Gasteiger partial charge in [-0.1, -0.05) is 203 Å². The minimum absolute atomic E-state index is 0.0428. The molecule has 0 bridgehead atoms. The molecule has 9 heteroatoms. The van der Waals surface area contributed by atoms with Gasteiger partial charge in [0.05, 0.1) is 39.9 Å². The summed E-state index contributed by atoms with van der Waals surface area (Å²) in [6, 6.07) is -0.883. The third-order valence-electron chi connectivity index (χ3n) is 10.8. The van der Waals surface area contributed by atoms with Crippen LogP contribution in [-0.2, 0) is 18.4 Å². The van der Waals surface area contributed by atoms with Gasteiger partial charge in [-0.15, -0.1) is 0 Å². The predicted octanol–water partition coefficient (Wildman–Crippen LogP) is 16.3. The van der Waals surface area contributed by atoms with E-state index in [1.807, 2.05) is 40.2 Å². The topological polar surface area (TPSA) is 105 Å². The third kappa shape index (κ3) is 52.0. The molecule has 0 spiro atoms. The highest BCUT2D eigenvalue weighted by Crippen LogP contribution is 2.43. The second kappa shape index (κ2) is 50.1. The van der Waals surface area contributed by atoms with Crippen molar-refractivity contribution < 1.29 is 32.9 Å². The van der Waals surface area contributed by atoms with Gasteiger partial charge < -0.3 is 19.8 Å². The predicted molar refractivity (Wildman–Crippen MR) is 304 cm³/mol. The van der Waals surface area contributed by atoms with E-state index in [9.17, 15) is 19.4 Å². The Morgan fingerprint density at radius 2 is 0.886 bits per heavy atom. The highest BCUT2D eigenvalue weighted by Gasteiger charge is 2.27. The molecule has 0 aliphatic heterocycles. The summed E-state index contributed by atoms with van der Waals surface area (Å²) in [5.74, 6) is -0.212. The average molecular weight is 988 g/mol. The smallest absolute Gasteiger partial charge is 0.387 e. The first-order chi connectivity index (χ1) is 34.0. The Morgan fingerprint density at radius 1 is 0.514 bits per heavy atom. The van der Waals surface area contributed by atoms with Crippen LogP contribution in [0.2, 0.25) is 0 Å². The van der Waals surface area contributed by atoms with Gasteiger partial charge >= 0.3 is 7.82 Å². The highest BCUT2D eigenvalue weighted by atomic mass is 31.2. The standard InChI is InChI=1S/C61H99N2O6P/c1-6-8-10-12-14-16-17-18-19-20-21-22-23-24-25-26-27-28-29-30-31-32-33-34-35-36-37-38-39-40-41-42-43-44-45-47-49-51-53-55-61(65)62-59(58-69-70(66,67)68-57-56-63(3,4)5)60(64)54-52-50-48-46-15-13-11-9-7-2/h7-10,14-16,18-19,21-22,24-25,27-28,30-31,33-34,36-37,39-40,46,52,54,59-60,64H,6,11-13,17,20,23,26,29,32,35,38,41-45,47-51,53,55-58H2,1-5H3,(H-,62,65,66,67)/p+1/b9-7+,10-8-,16-14-,19-18-,22-21-,25-24-,28-27-,31-30-,34-33-,37-36-,40-39-,46-15+,54-52+. The maximum atomic E-state index is 12.9. The SMILES string of the molecule is C/C=C/CC/C=C/CC/C=C/C(O)C(COP(=O)(O)OCC[N+](C)(C)C)NC(=O)CCCCCCCCCC/C=C\C/C=C\C/C=C\C/C=C\C/C=C\C/C=C\C/C=C\C/C=C\C/C=C\C/C=C\CC. The Kier molecular flexibility index (Phi) is 47.3. The minimum Gasteiger partial charge on any atom is -0.387 e. The van der Waals surface area contributed by atoms with Crippen molar-refractivity contribution in [1.29, 1.82) is 0 Å². The van der Waals surface area contributed by atoms with Crippen LogP contribution in [0.5, 0.6) is 0 Å². The van der Waals surface area contributed by atoms with Crippen molar-refractivity contribution >= 4 is 13.7 Å². The van der Waals surface area contributed by atoms with Crippen LogP contribution < -0.4 is 5.32 Å². The number of phosphoric ester groups is 1. The molecule has 0 fully saturated rings. The molecule has 3 atom stereocenters. The molecule has 0 aromatic rings. The first kappa shape index (κ1) is 66.1. The summed E-state index contributed by atoms with van der Waals surface area (Å²) in [5, 5.41) is 13.7. The molecule has 0 aromatic heterocycles. The van der Waals surface area contributed by atoms with E-state index >= 15 is 0 Å². The number of unbranched alkanes of at least 4 members (excludes halogenated alkanes) is 10. The summed E-state index contributed by atoms with van der Waals surface area (Å²) in [7, 11) is 1.51. The molecule has 0 aliphatic rings. The number of rotatable bonds is 46. The van der Waals surface area contributed by atoms with Crippen molar-refractivity contribution in [1.82, 2.24) is 5.32 Å². The van der Waals surface area contributed by atoms with Gasteiger partial charge in [0, 0.05) is 6.42 Å². The van der Waals surface area contributed by atoms with Crippen molar-refractivity contribution in [3.63, 3.8) is 0 Å². The number of nitrogens with one attached hydrogen (secondary N) is 1. The summed E-state index contributed by atoms with van der Waals surface area (Å²) in [5.41, 5.74) is 0. The Hall–Kier alpha value is -3.88. The quantitative estimate of drug-likeness (QED) is 0.0243. The van der Waals surface area contributed by atoms with Crippen LogP contribution in [0, 0.1) is 0 Å². The van der Waals surface area contributed by atoms with Crippen molar-refractivity contribution in [2.75, 3.05) is 40.9 Å². The van der Waals surface area contributed by atoms with Gasteiger partial charge in [-0.05, 0) is 116 Å². The number of aliphatic hydroxyl groups is 1. The number of hydrogen-bond acceptors (Lipinski definition) is 5. The normalized spacial score (nSPS) is 15.2. The number of quaternary nitrogens is 1. The van der Waals surface area contributed by atoms with Crippen molar-refractivity contribution in [2.24, 2.45) is 0 Å². The Bertz CT molecular complexity index is 1690. The van der Waals surface area contributed by atoms with Crippen LogP contribution in [0.4, 0.5) is 0 Å². The van der Waals surface area contributed by atoms with Crippen LogP contribution in [0.3, 0.4) is 0 Å². The summed E-state index contributed by atoms with van der Waals surface area (Å²) >= 11 is 0. The van der Waals surface area contributed by atoms with Crippen molar-refractivity contribution in [3.8, 4) is 0 Å². The number of aliphatic hydroxyl groups excluding tert-OH is 1. The van der Waals surface area contributed by atoms with Gasteiger partial charge in [-0.25, -0.2) is 4.57 Å². The average Bonchev–Trinajstić information content (AvgIpc) is 3.32. The Balaban J connectivity index is 4.10. The number of allylic oxidation sites excluding steroid dienone is 25. The summed E-state index contributed by atoms with van der Waals surface area (Å²) in [6.07, 6.45) is 79.5. The largest absolute Gasteiger partial charge is 0.472 e. The number of carbonyl (C=O) groups is 1. The maximum Gasteiger partial charge on any atom is 0.472 e. The number of carbonyl (C=O) groups excluding carboxylic acids is 1. The zero-order chi connectivity index (χ0) is 51.3. The third-order valence-corrected chi connectivity index (χ3v) is 11.8. The van der Waals surface area contributed by atoms with E-state index in [0.29, 0.717) is 17.4 Å². The monoisotopic (exact) mass is 988 g/mol. The van der Waals surface area contributed by atoms with Gasteiger partial charge in [0.15, 0.2) is 0 Å². The van der Waals surface area contributed by atoms with Crippen molar-refractivity contribution in [3.05, 3.63) is 158 Å². The second-order valence-electron chi connectivity index (χ2n) is 18.5. The molecule has 3 unspecified atom stereocenters. The Morgan fingerprint density at radius 3 is 1.31 bits per heavy atom. The van der Waals surface area contributed by atoms with Gasteiger partial charge in [-0.3, -0.25) is 13.8 Å². The molecular weight excluding hydrogens is 888 g/mol. The number of hydrogen-bond donors (Lipinski definition) is 3. The van der Waals surface area contributed by atoms with Crippen LogP contribution >= 0.6 is 7.82 Å². The van der Waals surface area contributed by atoms with E-state index < -0.39 is 20.0 Å². The van der Waals surface area contributed by atoms with Crippen molar-refractivity contribution in [2.45, 2.75) is 180 Å². The van der Waals surface area contributed by atoms with Gasteiger partial charge in [0.25, 0.3) is 0 Å². The maximum absolute atomic E-state index is 12.9. The van der Waals surface area contributed by atoms with Crippen LogP contribution in [0.15, 0.2) is 158 Å². The van der Waals surface area contributed by atoms with E-state index in [4.69, 9.17) is 9.05 Å². The van der Waals surface area contributed by atoms with Gasteiger partial charge in [0.1, 0.15) is 13.2 Å². The van der Waals surface area contributed by atoms with Crippen LogP contribution in [-0.4, -0.2) is 73.4 Å². The van der Waals surface area contributed by atoms with E-state index in [1.54, 1.807) is 6.08 Å². The highest BCUT2D eigenvalue weighted by molar-refractivity contribution is 7.47. The first-order valence-corrected chi connectivity index (χ1v) is 28.3. The van der Waals surface area contributed by atoms with Gasteiger partial charge in [0.2, 0.25) is 5.91 Å². The molecule has 0 heterocycles. The molecule has 0 aromatic carbocycles. The number of phosphoric acid groups is 1. The fraction of sp³-hybridized carbons (Fsp3) is 0.557. The molecule has 3 N–H and O–H groups in total. The molecule has 0 saturated carbocycles. The van der Waals surface area contributed by atoms with Crippen LogP contribution in [0.25, 0.3) is 0 Å². The van der Waals surface area contributed by atoms with E-state index in [2.05, 4.69) is 152 Å². The molecule has 0 radical (unpaired) electrons. The van der Waals surface area contributed by atoms with E-state index in [0.717, 1.165) is 122 Å². The van der Waals surface area contributed by atoms with Crippen LogP contribution in [0.1, 0.15) is 168 Å². The lowest BCUT2D eigenvalue weighted by atomic mass is 10.1.